The number of rotatable bonds is 6. The summed E-state index contributed by atoms with van der Waals surface area (Å²) >= 11 is 0. The summed E-state index contributed by atoms with van der Waals surface area (Å²) in [6.45, 7) is 4.07. The van der Waals surface area contributed by atoms with Crippen molar-refractivity contribution in [3.05, 3.63) is 0 Å². The van der Waals surface area contributed by atoms with Crippen molar-refractivity contribution in [3.8, 4) is 0 Å². The lowest BCUT2D eigenvalue weighted by Crippen LogP contribution is -2.46. The van der Waals surface area contributed by atoms with Crippen LogP contribution in [-0.2, 0) is 0 Å². The first-order valence-corrected chi connectivity index (χ1v) is 7.16. The van der Waals surface area contributed by atoms with E-state index in [2.05, 4.69) is 11.9 Å². The van der Waals surface area contributed by atoms with Gasteiger partial charge in [-0.15, -0.1) is 0 Å². The maximum atomic E-state index is 9.77. The van der Waals surface area contributed by atoms with Crippen molar-refractivity contribution in [3.63, 3.8) is 0 Å². The zero-order valence-corrected chi connectivity index (χ0v) is 11.6. The fraction of sp³-hybridized carbons (Fsp3) is 1.00. The van der Waals surface area contributed by atoms with Crippen LogP contribution in [0.4, 0.5) is 0 Å². The first-order chi connectivity index (χ1) is 8.08. The number of hydrogen-bond donors (Lipinski definition) is 2. The van der Waals surface area contributed by atoms with Crippen LogP contribution in [0.3, 0.4) is 0 Å². The van der Waals surface area contributed by atoms with E-state index in [-0.39, 0.29) is 12.2 Å². The van der Waals surface area contributed by atoms with Gasteiger partial charge in [0, 0.05) is 12.1 Å². The molecule has 0 saturated carbocycles. The van der Waals surface area contributed by atoms with Crippen molar-refractivity contribution >= 4 is 0 Å². The van der Waals surface area contributed by atoms with E-state index in [0.717, 1.165) is 25.7 Å². The molecule has 0 aliphatic carbocycles. The van der Waals surface area contributed by atoms with E-state index < -0.39 is 0 Å². The molecule has 2 N–H and O–H groups in total. The minimum atomic E-state index is -0.169. The largest absolute Gasteiger partial charge is 0.393 e. The van der Waals surface area contributed by atoms with Crippen LogP contribution in [0.5, 0.6) is 0 Å². The third kappa shape index (κ3) is 4.57. The van der Waals surface area contributed by atoms with Crippen LogP contribution in [-0.4, -0.2) is 46.5 Å². The summed E-state index contributed by atoms with van der Waals surface area (Å²) in [4.78, 5) is 2.39. The molecule has 0 spiro atoms. The molecule has 4 atom stereocenters. The molecule has 1 aliphatic heterocycles. The summed E-state index contributed by atoms with van der Waals surface area (Å²) in [5.74, 6) is 0. The van der Waals surface area contributed by atoms with Crippen molar-refractivity contribution in [2.24, 2.45) is 0 Å². The van der Waals surface area contributed by atoms with Gasteiger partial charge in [-0.2, -0.15) is 0 Å². The Morgan fingerprint density at radius 2 is 1.41 bits per heavy atom. The first kappa shape index (κ1) is 14.9. The molecule has 1 fully saturated rings. The molecule has 0 aromatic rings. The molecule has 1 rings (SSSR count). The summed E-state index contributed by atoms with van der Waals surface area (Å²) in [5.41, 5.74) is 0. The standard InChI is InChI=1S/C14H29NO2/c1-4-13(16)9-11-7-6-8-12(15(11)3)10-14(17)5-2/h11-14,16-17H,4-10H2,1-3H3. The summed E-state index contributed by atoms with van der Waals surface area (Å²) in [7, 11) is 2.15. The molecule has 17 heavy (non-hydrogen) atoms. The van der Waals surface area contributed by atoms with Crippen LogP contribution >= 0.6 is 0 Å². The van der Waals surface area contributed by atoms with Crippen molar-refractivity contribution in [1.29, 1.82) is 0 Å². The average Bonchev–Trinajstić information content (AvgIpc) is 2.33. The second-order valence-corrected chi connectivity index (χ2v) is 5.50. The van der Waals surface area contributed by atoms with Crippen molar-refractivity contribution in [2.75, 3.05) is 7.05 Å². The van der Waals surface area contributed by atoms with Crippen molar-refractivity contribution in [1.82, 2.24) is 4.90 Å². The fourth-order valence-corrected chi connectivity index (χ4v) is 2.82. The van der Waals surface area contributed by atoms with Crippen LogP contribution in [0.25, 0.3) is 0 Å². The smallest absolute Gasteiger partial charge is 0.0552 e. The highest BCUT2D eigenvalue weighted by Crippen LogP contribution is 2.27. The molecule has 0 aromatic carbocycles. The molecule has 0 amide bonds. The second-order valence-electron chi connectivity index (χ2n) is 5.50. The van der Waals surface area contributed by atoms with Crippen LogP contribution in [0.2, 0.25) is 0 Å². The predicted molar refractivity (Wildman–Crippen MR) is 71.0 cm³/mol. The SMILES string of the molecule is CCC(O)CC1CCCC(CC(O)CC)N1C. The van der Waals surface area contributed by atoms with Crippen LogP contribution < -0.4 is 0 Å². The lowest BCUT2D eigenvalue weighted by atomic mass is 9.89. The Balaban J connectivity index is 2.46. The highest BCUT2D eigenvalue weighted by molar-refractivity contribution is 4.85. The molecule has 0 radical (unpaired) electrons. The average molecular weight is 243 g/mol. The van der Waals surface area contributed by atoms with Gasteiger partial charge >= 0.3 is 0 Å². The normalized spacial score (nSPS) is 30.2. The molecular weight excluding hydrogens is 214 g/mol. The van der Waals surface area contributed by atoms with E-state index in [9.17, 15) is 10.2 Å². The van der Waals surface area contributed by atoms with Crippen LogP contribution in [0.1, 0.15) is 58.8 Å². The van der Waals surface area contributed by atoms with Crippen LogP contribution in [0.15, 0.2) is 0 Å². The first-order valence-electron chi connectivity index (χ1n) is 7.16. The molecule has 1 aliphatic rings. The Kier molecular flexibility index (Phi) is 6.45. The zero-order valence-electron chi connectivity index (χ0n) is 11.6. The number of aliphatic hydroxyl groups excluding tert-OH is 2. The van der Waals surface area contributed by atoms with Gasteiger partial charge in [-0.25, -0.2) is 0 Å². The quantitative estimate of drug-likeness (QED) is 0.751. The van der Waals surface area contributed by atoms with Gasteiger partial charge in [0.05, 0.1) is 12.2 Å². The Labute approximate surface area is 106 Å². The lowest BCUT2D eigenvalue weighted by molar-refractivity contribution is 0.0343. The third-order valence-corrected chi connectivity index (χ3v) is 4.26. The molecule has 3 heteroatoms. The molecule has 0 aromatic heterocycles. The maximum absolute atomic E-state index is 9.77. The Morgan fingerprint density at radius 3 is 1.76 bits per heavy atom. The Bertz CT molecular complexity index is 190. The summed E-state index contributed by atoms with van der Waals surface area (Å²) in [6, 6.07) is 0.987. The number of nitrogens with zero attached hydrogens (tertiary/aromatic N) is 1. The van der Waals surface area contributed by atoms with Gasteiger partial charge in [0.1, 0.15) is 0 Å². The fourth-order valence-electron chi connectivity index (χ4n) is 2.82. The predicted octanol–water partition coefficient (Wildman–Crippen LogP) is 2.16. The minimum Gasteiger partial charge on any atom is -0.393 e. The minimum absolute atomic E-state index is 0.169. The van der Waals surface area contributed by atoms with Crippen molar-refractivity contribution in [2.45, 2.75) is 83.1 Å². The topological polar surface area (TPSA) is 43.7 Å². The highest BCUT2D eigenvalue weighted by atomic mass is 16.3. The number of hydrogen-bond acceptors (Lipinski definition) is 3. The number of likely N-dealkylation sites (tertiary alicyclic amines) is 1. The molecule has 1 saturated heterocycles. The molecule has 0 bridgehead atoms. The summed E-state index contributed by atoms with van der Waals surface area (Å²) in [6.07, 6.45) is 6.71. The Morgan fingerprint density at radius 1 is 1.00 bits per heavy atom. The van der Waals surface area contributed by atoms with E-state index in [1.807, 2.05) is 13.8 Å². The third-order valence-electron chi connectivity index (χ3n) is 4.26. The van der Waals surface area contributed by atoms with Gasteiger partial charge in [-0.05, 0) is 45.6 Å². The van der Waals surface area contributed by atoms with Gasteiger partial charge in [-0.1, -0.05) is 20.3 Å². The van der Waals surface area contributed by atoms with Crippen LogP contribution in [0, 0.1) is 0 Å². The highest BCUT2D eigenvalue weighted by Gasteiger charge is 2.29. The molecule has 3 nitrogen and oxygen atoms in total. The zero-order chi connectivity index (χ0) is 12.8. The maximum Gasteiger partial charge on any atom is 0.0552 e. The van der Waals surface area contributed by atoms with Gasteiger partial charge in [0.25, 0.3) is 0 Å². The number of piperidine rings is 1. The Hall–Kier alpha value is -0.120. The van der Waals surface area contributed by atoms with E-state index in [4.69, 9.17) is 0 Å². The second kappa shape index (κ2) is 7.34. The monoisotopic (exact) mass is 243 g/mol. The lowest BCUT2D eigenvalue weighted by Gasteiger charge is -2.41. The van der Waals surface area contributed by atoms with E-state index >= 15 is 0 Å². The van der Waals surface area contributed by atoms with E-state index in [1.54, 1.807) is 0 Å². The van der Waals surface area contributed by atoms with Gasteiger partial charge in [0.2, 0.25) is 0 Å². The molecule has 1 heterocycles. The van der Waals surface area contributed by atoms with Gasteiger partial charge in [-0.3, -0.25) is 0 Å². The van der Waals surface area contributed by atoms with E-state index in [1.165, 1.54) is 19.3 Å². The summed E-state index contributed by atoms with van der Waals surface area (Å²) < 4.78 is 0. The summed E-state index contributed by atoms with van der Waals surface area (Å²) in [5, 5.41) is 19.5. The molecule has 4 unspecified atom stereocenters. The van der Waals surface area contributed by atoms with Gasteiger partial charge in [0.15, 0.2) is 0 Å². The van der Waals surface area contributed by atoms with Crippen molar-refractivity contribution < 1.29 is 10.2 Å². The van der Waals surface area contributed by atoms with E-state index in [0.29, 0.717) is 12.1 Å². The molecular formula is C14H29NO2. The van der Waals surface area contributed by atoms with Gasteiger partial charge < -0.3 is 15.1 Å². The number of aliphatic hydroxyl groups is 2. The molecule has 102 valence electrons.